The molecule has 1 aliphatic rings. The summed E-state index contributed by atoms with van der Waals surface area (Å²) in [5, 5.41) is 40.1. The van der Waals surface area contributed by atoms with E-state index in [0.717, 1.165) is 11.8 Å². The maximum Gasteiger partial charge on any atom is 0.282 e. The van der Waals surface area contributed by atoms with E-state index in [4.69, 9.17) is 4.74 Å². The molecule has 20 heavy (non-hydrogen) atoms. The number of rotatable bonds is 3. The molecule has 1 saturated heterocycles. The van der Waals surface area contributed by atoms with Gasteiger partial charge in [-0.2, -0.15) is 0 Å². The van der Waals surface area contributed by atoms with Crippen LogP contribution in [0.5, 0.6) is 0 Å². The number of aliphatic hydroxyl groups excluding tert-OH is 3. The molecule has 0 amide bonds. The summed E-state index contributed by atoms with van der Waals surface area (Å²) < 4.78 is 5.40. The Morgan fingerprint density at radius 1 is 1.20 bits per heavy atom. The summed E-state index contributed by atoms with van der Waals surface area (Å²) in [5.74, 6) is 0. The summed E-state index contributed by atoms with van der Waals surface area (Å²) in [5.41, 5.74) is -0.980. The summed E-state index contributed by atoms with van der Waals surface area (Å²) >= 11 is 0.952. The van der Waals surface area contributed by atoms with Gasteiger partial charge >= 0.3 is 0 Å². The Morgan fingerprint density at radius 2 is 1.85 bits per heavy atom. The first kappa shape index (κ1) is 15.2. The zero-order chi connectivity index (χ0) is 14.9. The molecular formula is C12H15NO6S. The first-order chi connectivity index (χ1) is 9.41. The van der Waals surface area contributed by atoms with Gasteiger partial charge in [0.1, 0.15) is 23.7 Å². The van der Waals surface area contributed by atoms with Gasteiger partial charge in [0.15, 0.2) is 0 Å². The lowest BCUT2D eigenvalue weighted by atomic mass is 10.0. The normalized spacial score (nSPS) is 33.9. The standard InChI is InChI=1S/C12H15NO6S/c1-6-9(14)10(15)11(16)12(19-6)20-8-5-3-2-4-7(8)13(17)18/h2-6,9-12,14-16H,1H3/t6-,9-,10-,11+,12-/m0/s1. The second-order valence-electron chi connectivity index (χ2n) is 4.52. The van der Waals surface area contributed by atoms with Crippen molar-refractivity contribution in [1.82, 2.24) is 0 Å². The minimum atomic E-state index is -1.35. The number of benzene rings is 1. The quantitative estimate of drug-likeness (QED) is 0.551. The highest BCUT2D eigenvalue weighted by Crippen LogP contribution is 2.37. The van der Waals surface area contributed by atoms with E-state index in [1.165, 1.54) is 6.07 Å². The van der Waals surface area contributed by atoms with Gasteiger partial charge in [0, 0.05) is 6.07 Å². The van der Waals surface area contributed by atoms with E-state index in [1.54, 1.807) is 25.1 Å². The van der Waals surface area contributed by atoms with Gasteiger partial charge in [0.05, 0.1) is 15.9 Å². The van der Waals surface area contributed by atoms with E-state index in [1.807, 2.05) is 0 Å². The predicted molar refractivity (Wildman–Crippen MR) is 71.3 cm³/mol. The van der Waals surface area contributed by atoms with E-state index in [0.29, 0.717) is 4.90 Å². The second kappa shape index (κ2) is 6.06. The molecule has 1 aliphatic heterocycles. The van der Waals surface area contributed by atoms with Crippen LogP contribution < -0.4 is 0 Å². The Kier molecular flexibility index (Phi) is 4.61. The van der Waals surface area contributed by atoms with Crippen molar-refractivity contribution in [2.45, 2.75) is 41.7 Å². The summed E-state index contributed by atoms with van der Waals surface area (Å²) in [7, 11) is 0. The summed E-state index contributed by atoms with van der Waals surface area (Å²) in [6.45, 7) is 1.56. The summed E-state index contributed by atoms with van der Waals surface area (Å²) in [6, 6.07) is 6.08. The van der Waals surface area contributed by atoms with Gasteiger partial charge in [0.2, 0.25) is 0 Å². The van der Waals surface area contributed by atoms with Crippen LogP contribution >= 0.6 is 11.8 Å². The molecule has 5 atom stereocenters. The highest BCUT2D eigenvalue weighted by molar-refractivity contribution is 8.00. The average molecular weight is 301 g/mol. The molecule has 2 rings (SSSR count). The van der Waals surface area contributed by atoms with Gasteiger partial charge in [-0.05, 0) is 13.0 Å². The van der Waals surface area contributed by atoms with Crippen molar-refractivity contribution in [2.75, 3.05) is 0 Å². The van der Waals surface area contributed by atoms with E-state index >= 15 is 0 Å². The van der Waals surface area contributed by atoms with Crippen LogP contribution in [-0.4, -0.2) is 50.1 Å². The van der Waals surface area contributed by atoms with Crippen LogP contribution in [0.4, 0.5) is 5.69 Å². The van der Waals surface area contributed by atoms with Crippen LogP contribution in [0.15, 0.2) is 29.2 Å². The highest BCUT2D eigenvalue weighted by atomic mass is 32.2. The molecular weight excluding hydrogens is 286 g/mol. The molecule has 1 aromatic rings. The van der Waals surface area contributed by atoms with Crippen molar-refractivity contribution in [1.29, 1.82) is 0 Å². The molecule has 3 N–H and O–H groups in total. The molecule has 1 aromatic carbocycles. The molecule has 1 heterocycles. The minimum absolute atomic E-state index is 0.0958. The Bertz CT molecular complexity index is 499. The molecule has 0 saturated carbocycles. The smallest absolute Gasteiger partial charge is 0.282 e. The molecule has 110 valence electrons. The van der Waals surface area contributed by atoms with Crippen LogP contribution in [0.3, 0.4) is 0 Å². The minimum Gasteiger partial charge on any atom is -0.388 e. The Hall–Kier alpha value is -1.19. The lowest BCUT2D eigenvalue weighted by Crippen LogP contribution is -2.55. The van der Waals surface area contributed by atoms with Crippen LogP contribution in [0.2, 0.25) is 0 Å². The van der Waals surface area contributed by atoms with E-state index in [-0.39, 0.29) is 5.69 Å². The molecule has 7 nitrogen and oxygen atoms in total. The third-order valence-electron chi connectivity index (χ3n) is 3.11. The van der Waals surface area contributed by atoms with Crippen molar-refractivity contribution in [2.24, 2.45) is 0 Å². The predicted octanol–water partition coefficient (Wildman–Crippen LogP) is 0.514. The topological polar surface area (TPSA) is 113 Å². The third kappa shape index (κ3) is 2.94. The fraction of sp³-hybridized carbons (Fsp3) is 0.500. The zero-order valence-corrected chi connectivity index (χ0v) is 11.4. The van der Waals surface area contributed by atoms with E-state index < -0.39 is 34.8 Å². The monoisotopic (exact) mass is 301 g/mol. The molecule has 8 heteroatoms. The van der Waals surface area contributed by atoms with Crippen LogP contribution in [0.25, 0.3) is 0 Å². The maximum absolute atomic E-state index is 10.9. The van der Waals surface area contributed by atoms with Crippen molar-refractivity contribution >= 4 is 17.4 Å². The first-order valence-electron chi connectivity index (χ1n) is 6.01. The number of nitro benzene ring substituents is 1. The summed E-state index contributed by atoms with van der Waals surface area (Å²) in [4.78, 5) is 10.7. The largest absolute Gasteiger partial charge is 0.388 e. The summed E-state index contributed by atoms with van der Waals surface area (Å²) in [6.07, 6.45) is -4.54. The molecule has 0 bridgehead atoms. The molecule has 1 fully saturated rings. The first-order valence-corrected chi connectivity index (χ1v) is 6.89. The number of nitro groups is 1. The zero-order valence-electron chi connectivity index (χ0n) is 10.6. The van der Waals surface area contributed by atoms with Gasteiger partial charge in [-0.3, -0.25) is 10.1 Å². The molecule has 0 spiro atoms. The number of aliphatic hydroxyl groups is 3. The van der Waals surface area contributed by atoms with Crippen molar-refractivity contribution in [3.63, 3.8) is 0 Å². The van der Waals surface area contributed by atoms with Crippen molar-refractivity contribution in [3.05, 3.63) is 34.4 Å². The molecule has 0 radical (unpaired) electrons. The fourth-order valence-electron chi connectivity index (χ4n) is 1.94. The van der Waals surface area contributed by atoms with Crippen molar-refractivity contribution < 1.29 is 25.0 Å². The maximum atomic E-state index is 10.9. The number of hydrogen-bond acceptors (Lipinski definition) is 7. The second-order valence-corrected chi connectivity index (χ2v) is 5.66. The Labute approximate surface area is 119 Å². The van der Waals surface area contributed by atoms with Crippen LogP contribution in [0.1, 0.15) is 6.92 Å². The number of nitrogens with zero attached hydrogens (tertiary/aromatic N) is 1. The molecule has 0 aromatic heterocycles. The van der Waals surface area contributed by atoms with Crippen LogP contribution in [0, 0.1) is 10.1 Å². The van der Waals surface area contributed by atoms with Crippen molar-refractivity contribution in [3.8, 4) is 0 Å². The Balaban J connectivity index is 2.20. The number of ether oxygens (including phenoxy) is 1. The Morgan fingerprint density at radius 3 is 2.50 bits per heavy atom. The van der Waals surface area contributed by atoms with Gasteiger partial charge in [-0.25, -0.2) is 0 Å². The fourth-order valence-corrected chi connectivity index (χ4v) is 3.15. The third-order valence-corrected chi connectivity index (χ3v) is 4.33. The van der Waals surface area contributed by atoms with Gasteiger partial charge in [-0.15, -0.1) is 0 Å². The van der Waals surface area contributed by atoms with Gasteiger partial charge in [0.25, 0.3) is 5.69 Å². The average Bonchev–Trinajstić information content (AvgIpc) is 2.43. The molecule has 0 aliphatic carbocycles. The lowest BCUT2D eigenvalue weighted by molar-refractivity contribution is -0.387. The van der Waals surface area contributed by atoms with Gasteiger partial charge in [-0.1, -0.05) is 23.9 Å². The van der Waals surface area contributed by atoms with E-state index in [9.17, 15) is 25.4 Å². The number of para-hydroxylation sites is 1. The number of hydrogen-bond donors (Lipinski definition) is 3. The lowest BCUT2D eigenvalue weighted by Gasteiger charge is -2.38. The van der Waals surface area contributed by atoms with Crippen LogP contribution in [-0.2, 0) is 4.74 Å². The van der Waals surface area contributed by atoms with Gasteiger partial charge < -0.3 is 20.1 Å². The highest BCUT2D eigenvalue weighted by Gasteiger charge is 2.42. The SMILES string of the molecule is C[C@@H]1O[C@@H](Sc2ccccc2[N+](=O)[O-])[C@H](O)[C@@H](O)[C@H]1O. The number of thioether (sulfide) groups is 1. The van der Waals surface area contributed by atoms with E-state index in [2.05, 4.69) is 0 Å². The molecule has 0 unspecified atom stereocenters.